The number of hydrogen-bond acceptors (Lipinski definition) is 4. The van der Waals surface area contributed by atoms with Crippen LogP contribution in [0.5, 0.6) is 0 Å². The lowest BCUT2D eigenvalue weighted by Gasteiger charge is -2.15. The zero-order chi connectivity index (χ0) is 12.2. The number of methoxy groups -OCH3 is 1. The maximum absolute atomic E-state index is 11.7. The van der Waals surface area contributed by atoms with Gasteiger partial charge in [0.2, 0.25) is 0 Å². The van der Waals surface area contributed by atoms with E-state index in [9.17, 15) is 18.0 Å². The second kappa shape index (κ2) is 5.49. The fraction of sp³-hybridized carbons (Fsp3) is 0.889. The van der Waals surface area contributed by atoms with Gasteiger partial charge in [-0.1, -0.05) is 0 Å². The number of nitrogens with zero attached hydrogens (tertiary/aromatic N) is 1. The fourth-order valence-electron chi connectivity index (χ4n) is 1.69. The molecule has 1 saturated heterocycles. The van der Waals surface area contributed by atoms with E-state index in [4.69, 9.17) is 0 Å². The standard InChI is InChI=1S/C9H14F3NO3/c1-15-8(14)7-2-3-13(6-7)4-5-16-9(10,11)12/h7H,2-6H2,1H3. The summed E-state index contributed by atoms with van der Waals surface area (Å²) in [5.41, 5.74) is 0. The van der Waals surface area contributed by atoms with Gasteiger partial charge in [0, 0.05) is 13.1 Å². The molecule has 1 rings (SSSR count). The van der Waals surface area contributed by atoms with Crippen molar-refractivity contribution in [2.75, 3.05) is 33.4 Å². The molecule has 16 heavy (non-hydrogen) atoms. The number of likely N-dealkylation sites (tertiary alicyclic amines) is 1. The van der Waals surface area contributed by atoms with Crippen LogP contribution in [0.1, 0.15) is 6.42 Å². The number of carbonyl (C=O) groups is 1. The molecule has 0 aromatic heterocycles. The van der Waals surface area contributed by atoms with Crippen LogP contribution in [0.2, 0.25) is 0 Å². The third-order valence-corrected chi connectivity index (χ3v) is 2.48. The Bertz CT molecular complexity index is 245. The summed E-state index contributed by atoms with van der Waals surface area (Å²) in [5.74, 6) is -0.532. The number of rotatable bonds is 4. The summed E-state index contributed by atoms with van der Waals surface area (Å²) < 4.78 is 43.2. The van der Waals surface area contributed by atoms with Gasteiger partial charge >= 0.3 is 12.3 Å². The predicted molar refractivity (Wildman–Crippen MR) is 48.6 cm³/mol. The van der Waals surface area contributed by atoms with E-state index in [1.807, 2.05) is 0 Å². The normalized spacial score (nSPS) is 22.4. The highest BCUT2D eigenvalue weighted by molar-refractivity contribution is 5.72. The van der Waals surface area contributed by atoms with E-state index in [1.165, 1.54) is 7.11 Å². The van der Waals surface area contributed by atoms with Crippen molar-refractivity contribution in [1.82, 2.24) is 4.90 Å². The molecule has 1 heterocycles. The maximum atomic E-state index is 11.7. The third-order valence-electron chi connectivity index (χ3n) is 2.48. The van der Waals surface area contributed by atoms with Crippen LogP contribution >= 0.6 is 0 Å². The number of carbonyl (C=O) groups excluding carboxylic acids is 1. The summed E-state index contributed by atoms with van der Waals surface area (Å²) in [6, 6.07) is 0. The lowest BCUT2D eigenvalue weighted by atomic mass is 10.1. The van der Waals surface area contributed by atoms with E-state index < -0.39 is 13.0 Å². The average Bonchev–Trinajstić information content (AvgIpc) is 2.63. The Morgan fingerprint density at radius 2 is 2.19 bits per heavy atom. The third kappa shape index (κ3) is 4.36. The van der Waals surface area contributed by atoms with Crippen molar-refractivity contribution in [3.05, 3.63) is 0 Å². The first-order chi connectivity index (χ1) is 7.42. The lowest BCUT2D eigenvalue weighted by molar-refractivity contribution is -0.324. The minimum absolute atomic E-state index is 0.174. The molecular weight excluding hydrogens is 227 g/mol. The van der Waals surface area contributed by atoms with Crippen molar-refractivity contribution in [2.45, 2.75) is 12.8 Å². The van der Waals surface area contributed by atoms with Crippen LogP contribution in [-0.4, -0.2) is 50.6 Å². The molecule has 0 aliphatic carbocycles. The smallest absolute Gasteiger partial charge is 0.469 e. The summed E-state index contributed by atoms with van der Waals surface area (Å²) in [6.07, 6.45) is -3.96. The molecule has 0 radical (unpaired) electrons. The molecule has 0 N–H and O–H groups in total. The Kier molecular flexibility index (Phi) is 4.55. The maximum Gasteiger partial charge on any atom is 0.522 e. The first kappa shape index (κ1) is 13.2. The number of alkyl halides is 3. The molecule has 0 spiro atoms. The van der Waals surface area contributed by atoms with Crippen LogP contribution in [0.15, 0.2) is 0 Å². The van der Waals surface area contributed by atoms with Gasteiger partial charge in [-0.2, -0.15) is 0 Å². The van der Waals surface area contributed by atoms with Crippen LogP contribution in [-0.2, 0) is 14.3 Å². The number of ether oxygens (including phenoxy) is 2. The lowest BCUT2D eigenvalue weighted by Crippen LogP contribution is -2.29. The van der Waals surface area contributed by atoms with Crippen molar-refractivity contribution in [1.29, 1.82) is 0 Å². The van der Waals surface area contributed by atoms with Gasteiger partial charge in [0.25, 0.3) is 0 Å². The molecule has 4 nitrogen and oxygen atoms in total. The zero-order valence-electron chi connectivity index (χ0n) is 8.92. The van der Waals surface area contributed by atoms with Crippen molar-refractivity contribution < 1.29 is 27.4 Å². The molecule has 0 aromatic carbocycles. The molecule has 1 aliphatic heterocycles. The molecular formula is C9H14F3NO3. The largest absolute Gasteiger partial charge is 0.522 e. The van der Waals surface area contributed by atoms with Gasteiger partial charge in [0.1, 0.15) is 0 Å². The van der Waals surface area contributed by atoms with Crippen LogP contribution in [0.25, 0.3) is 0 Å². The fourth-order valence-corrected chi connectivity index (χ4v) is 1.69. The first-order valence-electron chi connectivity index (χ1n) is 4.93. The van der Waals surface area contributed by atoms with Gasteiger partial charge in [-0.3, -0.25) is 9.53 Å². The Hall–Kier alpha value is -0.820. The monoisotopic (exact) mass is 241 g/mol. The van der Waals surface area contributed by atoms with E-state index in [1.54, 1.807) is 4.90 Å². The average molecular weight is 241 g/mol. The molecule has 0 bridgehead atoms. The SMILES string of the molecule is COC(=O)C1CCN(CCOC(F)(F)F)C1. The first-order valence-corrected chi connectivity index (χ1v) is 4.93. The molecule has 7 heteroatoms. The number of hydrogen-bond donors (Lipinski definition) is 0. The summed E-state index contributed by atoms with van der Waals surface area (Å²) in [5, 5.41) is 0. The van der Waals surface area contributed by atoms with Crippen LogP contribution < -0.4 is 0 Å². The van der Waals surface area contributed by atoms with Crippen molar-refractivity contribution >= 4 is 5.97 Å². The Labute approximate surface area is 91.3 Å². The zero-order valence-corrected chi connectivity index (χ0v) is 8.92. The predicted octanol–water partition coefficient (Wildman–Crippen LogP) is 1.02. The summed E-state index contributed by atoms with van der Waals surface area (Å²) in [6.45, 7) is 0.805. The van der Waals surface area contributed by atoms with Crippen molar-refractivity contribution in [2.24, 2.45) is 5.92 Å². The van der Waals surface area contributed by atoms with Crippen molar-refractivity contribution in [3.63, 3.8) is 0 Å². The molecule has 1 aliphatic rings. The highest BCUT2D eigenvalue weighted by Gasteiger charge is 2.31. The minimum atomic E-state index is -4.58. The highest BCUT2D eigenvalue weighted by atomic mass is 19.4. The van der Waals surface area contributed by atoms with Crippen LogP contribution in [0.4, 0.5) is 13.2 Å². The van der Waals surface area contributed by atoms with Crippen LogP contribution in [0, 0.1) is 5.92 Å². The molecule has 0 aromatic rings. The van der Waals surface area contributed by atoms with Gasteiger partial charge in [-0.05, 0) is 13.0 Å². The number of esters is 1. The van der Waals surface area contributed by atoms with E-state index in [2.05, 4.69) is 9.47 Å². The Balaban J connectivity index is 2.19. The van der Waals surface area contributed by atoms with E-state index in [0.717, 1.165) is 0 Å². The Morgan fingerprint density at radius 3 is 2.75 bits per heavy atom. The van der Waals surface area contributed by atoms with Gasteiger partial charge < -0.3 is 9.64 Å². The van der Waals surface area contributed by atoms with Gasteiger partial charge in [-0.15, -0.1) is 13.2 Å². The molecule has 1 atom stereocenters. The quantitative estimate of drug-likeness (QED) is 0.689. The topological polar surface area (TPSA) is 38.8 Å². The summed E-state index contributed by atoms with van der Waals surface area (Å²) in [7, 11) is 1.30. The van der Waals surface area contributed by atoms with Crippen LogP contribution in [0.3, 0.4) is 0 Å². The van der Waals surface area contributed by atoms with Gasteiger partial charge in [0.15, 0.2) is 0 Å². The molecule has 0 amide bonds. The number of halogens is 3. The molecule has 0 saturated carbocycles. The summed E-state index contributed by atoms with van der Waals surface area (Å²) in [4.78, 5) is 12.9. The molecule has 1 unspecified atom stereocenters. The summed E-state index contributed by atoms with van der Waals surface area (Å²) >= 11 is 0. The van der Waals surface area contributed by atoms with Crippen molar-refractivity contribution in [3.8, 4) is 0 Å². The highest BCUT2D eigenvalue weighted by Crippen LogP contribution is 2.19. The molecule has 94 valence electrons. The van der Waals surface area contributed by atoms with E-state index in [0.29, 0.717) is 19.5 Å². The minimum Gasteiger partial charge on any atom is -0.469 e. The second-order valence-corrected chi connectivity index (χ2v) is 3.60. The Morgan fingerprint density at radius 1 is 1.50 bits per heavy atom. The van der Waals surface area contributed by atoms with Gasteiger partial charge in [-0.25, -0.2) is 0 Å². The molecule has 1 fully saturated rings. The van der Waals surface area contributed by atoms with Gasteiger partial charge in [0.05, 0.1) is 19.6 Å². The second-order valence-electron chi connectivity index (χ2n) is 3.60. The van der Waals surface area contributed by atoms with E-state index >= 15 is 0 Å². The van der Waals surface area contributed by atoms with E-state index in [-0.39, 0.29) is 18.4 Å².